The van der Waals surface area contributed by atoms with Crippen LogP contribution in [0.5, 0.6) is 0 Å². The molecule has 1 amide bonds. The van der Waals surface area contributed by atoms with E-state index < -0.39 is 0 Å². The lowest BCUT2D eigenvalue weighted by molar-refractivity contribution is 0.0741. The molecule has 4 rings (SSSR count). The van der Waals surface area contributed by atoms with Gasteiger partial charge in [-0.2, -0.15) is 0 Å². The van der Waals surface area contributed by atoms with Crippen LogP contribution in [0.3, 0.4) is 0 Å². The van der Waals surface area contributed by atoms with Gasteiger partial charge in [-0.1, -0.05) is 12.1 Å². The summed E-state index contributed by atoms with van der Waals surface area (Å²) in [5, 5.41) is 0. The molecule has 24 heavy (non-hydrogen) atoms. The summed E-state index contributed by atoms with van der Waals surface area (Å²) in [5.74, 6) is -0.0254. The van der Waals surface area contributed by atoms with E-state index in [0.717, 1.165) is 49.1 Å². The fourth-order valence-corrected chi connectivity index (χ4v) is 5.20. The van der Waals surface area contributed by atoms with Gasteiger partial charge in [0.05, 0.1) is 4.88 Å². The number of fused-ring (bicyclic) bond motifs is 1. The van der Waals surface area contributed by atoms with E-state index in [1.807, 2.05) is 11.0 Å². The molecule has 2 nitrogen and oxygen atoms in total. The largest absolute Gasteiger partial charge is 0.335 e. The fourth-order valence-electron chi connectivity index (χ4n) is 3.99. The van der Waals surface area contributed by atoms with Gasteiger partial charge in [-0.15, -0.1) is 11.3 Å². The van der Waals surface area contributed by atoms with Crippen molar-refractivity contribution in [2.24, 2.45) is 0 Å². The smallest absolute Gasteiger partial charge is 0.264 e. The number of halogens is 1. The lowest BCUT2D eigenvalue weighted by Gasteiger charge is -2.24. The zero-order valence-corrected chi connectivity index (χ0v) is 14.6. The predicted octanol–water partition coefficient (Wildman–Crippen LogP) is 4.61. The van der Waals surface area contributed by atoms with E-state index in [9.17, 15) is 9.18 Å². The third-order valence-electron chi connectivity index (χ3n) is 5.21. The van der Waals surface area contributed by atoms with E-state index in [-0.39, 0.29) is 17.8 Å². The van der Waals surface area contributed by atoms with Crippen LogP contribution in [-0.2, 0) is 19.3 Å². The van der Waals surface area contributed by atoms with Crippen LogP contribution in [-0.4, -0.2) is 23.4 Å². The Balaban J connectivity index is 1.51. The first-order valence-corrected chi connectivity index (χ1v) is 9.69. The molecule has 1 unspecified atom stereocenters. The number of benzene rings is 1. The Hall–Kier alpha value is -1.68. The Morgan fingerprint density at radius 3 is 2.92 bits per heavy atom. The first-order valence-electron chi connectivity index (χ1n) is 8.88. The molecule has 1 atom stereocenters. The molecule has 1 aromatic heterocycles. The number of hydrogen-bond donors (Lipinski definition) is 0. The highest BCUT2D eigenvalue weighted by atomic mass is 32.1. The second-order valence-corrected chi connectivity index (χ2v) is 8.03. The molecule has 0 saturated carbocycles. The molecule has 2 heterocycles. The Kier molecular flexibility index (Phi) is 4.40. The molecule has 2 aromatic rings. The molecule has 2 aliphatic rings. The van der Waals surface area contributed by atoms with Gasteiger partial charge in [-0.3, -0.25) is 4.79 Å². The number of amides is 1. The standard InChI is InChI=1S/C20H22FNOS/c21-16-7-3-5-14(11-16)12-17-8-4-10-22(17)20(23)19-13-15-6-1-2-9-18(15)24-19/h3,5,7,11,13,17H,1-2,4,6,8-10,12H2. The zero-order valence-electron chi connectivity index (χ0n) is 13.8. The summed E-state index contributed by atoms with van der Waals surface area (Å²) in [6.07, 6.45) is 7.51. The molecule has 126 valence electrons. The monoisotopic (exact) mass is 343 g/mol. The molecule has 1 aromatic carbocycles. The number of carbonyl (C=O) groups excluding carboxylic acids is 1. The maximum absolute atomic E-state index is 13.4. The van der Waals surface area contributed by atoms with Gasteiger partial charge in [0.25, 0.3) is 5.91 Å². The third-order valence-corrected chi connectivity index (χ3v) is 6.43. The van der Waals surface area contributed by atoms with E-state index in [1.165, 1.54) is 29.3 Å². The SMILES string of the molecule is O=C(c1cc2c(s1)CCCC2)N1CCCC1Cc1cccc(F)c1. The minimum atomic E-state index is -0.200. The number of hydrogen-bond acceptors (Lipinski definition) is 2. The van der Waals surface area contributed by atoms with E-state index in [0.29, 0.717) is 0 Å². The molecule has 1 aliphatic carbocycles. The van der Waals surface area contributed by atoms with Crippen molar-refractivity contribution >= 4 is 17.2 Å². The van der Waals surface area contributed by atoms with Crippen molar-refractivity contribution in [1.82, 2.24) is 4.90 Å². The van der Waals surface area contributed by atoms with Gasteiger partial charge < -0.3 is 4.90 Å². The van der Waals surface area contributed by atoms with Crippen LogP contribution in [0.15, 0.2) is 30.3 Å². The second-order valence-electron chi connectivity index (χ2n) is 6.89. The first kappa shape index (κ1) is 15.8. The molecule has 0 N–H and O–H groups in total. The maximum atomic E-state index is 13.4. The number of aryl methyl sites for hydroxylation is 2. The summed E-state index contributed by atoms with van der Waals surface area (Å²) in [7, 11) is 0. The highest BCUT2D eigenvalue weighted by Crippen LogP contribution is 2.32. The Morgan fingerprint density at radius 2 is 2.08 bits per heavy atom. The summed E-state index contributed by atoms with van der Waals surface area (Å²) in [6.45, 7) is 0.821. The van der Waals surface area contributed by atoms with Crippen molar-refractivity contribution < 1.29 is 9.18 Å². The van der Waals surface area contributed by atoms with Crippen LogP contribution >= 0.6 is 11.3 Å². The van der Waals surface area contributed by atoms with E-state index in [4.69, 9.17) is 0 Å². The summed E-state index contributed by atoms with van der Waals surface area (Å²) in [5.41, 5.74) is 2.36. The molecule has 0 radical (unpaired) electrons. The van der Waals surface area contributed by atoms with Gasteiger partial charge in [0, 0.05) is 17.5 Å². The van der Waals surface area contributed by atoms with Crippen LogP contribution in [0.25, 0.3) is 0 Å². The van der Waals surface area contributed by atoms with Crippen molar-refractivity contribution in [3.05, 3.63) is 57.0 Å². The second kappa shape index (κ2) is 6.67. The van der Waals surface area contributed by atoms with Crippen LogP contribution in [0.2, 0.25) is 0 Å². The highest BCUT2D eigenvalue weighted by molar-refractivity contribution is 7.14. The van der Waals surface area contributed by atoms with Crippen molar-refractivity contribution in [3.8, 4) is 0 Å². The van der Waals surface area contributed by atoms with Gasteiger partial charge in [-0.25, -0.2) is 4.39 Å². The first-order chi connectivity index (χ1) is 11.7. The van der Waals surface area contributed by atoms with E-state index in [2.05, 4.69) is 6.07 Å². The number of nitrogens with zero attached hydrogens (tertiary/aromatic N) is 1. The van der Waals surface area contributed by atoms with E-state index >= 15 is 0 Å². The average molecular weight is 343 g/mol. The van der Waals surface area contributed by atoms with E-state index in [1.54, 1.807) is 23.5 Å². The van der Waals surface area contributed by atoms with Crippen LogP contribution in [0.4, 0.5) is 4.39 Å². The predicted molar refractivity (Wildman–Crippen MR) is 95.1 cm³/mol. The van der Waals surface area contributed by atoms with Gasteiger partial charge in [0.1, 0.15) is 5.82 Å². The quantitative estimate of drug-likeness (QED) is 0.797. The molecular formula is C20H22FNOS. The van der Waals surface area contributed by atoms with Crippen LogP contribution in [0, 0.1) is 5.82 Å². The lowest BCUT2D eigenvalue weighted by atomic mass is 9.99. The number of carbonyl (C=O) groups is 1. The molecule has 1 fully saturated rings. The van der Waals surface area contributed by atoms with Gasteiger partial charge in [0.15, 0.2) is 0 Å². The summed E-state index contributed by atoms with van der Waals surface area (Å²) < 4.78 is 13.4. The molecular weight excluding hydrogens is 321 g/mol. The summed E-state index contributed by atoms with van der Waals surface area (Å²) >= 11 is 1.69. The Bertz CT molecular complexity index is 730. The number of thiophene rings is 1. The minimum Gasteiger partial charge on any atom is -0.335 e. The Labute approximate surface area is 146 Å². The van der Waals surface area contributed by atoms with Crippen molar-refractivity contribution in [1.29, 1.82) is 0 Å². The minimum absolute atomic E-state index is 0.174. The Morgan fingerprint density at radius 1 is 1.21 bits per heavy atom. The summed E-state index contributed by atoms with van der Waals surface area (Å²) in [6, 6.07) is 9.08. The number of rotatable bonds is 3. The topological polar surface area (TPSA) is 20.3 Å². The fraction of sp³-hybridized carbons (Fsp3) is 0.450. The normalized spacial score (nSPS) is 20.2. The summed E-state index contributed by atoms with van der Waals surface area (Å²) in [4.78, 5) is 17.3. The molecule has 0 bridgehead atoms. The molecule has 1 aliphatic heterocycles. The van der Waals surface area contributed by atoms with Gasteiger partial charge >= 0.3 is 0 Å². The van der Waals surface area contributed by atoms with Crippen LogP contribution < -0.4 is 0 Å². The van der Waals surface area contributed by atoms with Crippen molar-refractivity contribution in [2.75, 3.05) is 6.54 Å². The molecule has 4 heteroatoms. The van der Waals surface area contributed by atoms with Gasteiger partial charge in [0.2, 0.25) is 0 Å². The van der Waals surface area contributed by atoms with Gasteiger partial charge in [-0.05, 0) is 74.3 Å². The molecule has 0 spiro atoms. The average Bonchev–Trinajstić information content (AvgIpc) is 3.20. The van der Waals surface area contributed by atoms with Crippen molar-refractivity contribution in [3.63, 3.8) is 0 Å². The zero-order chi connectivity index (χ0) is 16.5. The highest BCUT2D eigenvalue weighted by Gasteiger charge is 2.31. The lowest BCUT2D eigenvalue weighted by Crippen LogP contribution is -2.36. The molecule has 1 saturated heterocycles. The maximum Gasteiger partial charge on any atom is 0.264 e. The number of likely N-dealkylation sites (tertiary alicyclic amines) is 1. The van der Waals surface area contributed by atoms with Crippen molar-refractivity contribution in [2.45, 2.75) is 51.0 Å². The third kappa shape index (κ3) is 3.12. The van der Waals surface area contributed by atoms with Crippen LogP contribution in [0.1, 0.15) is 51.4 Å².